The lowest BCUT2D eigenvalue weighted by atomic mass is 10.1. The Kier molecular flexibility index (Phi) is 11.5. The second kappa shape index (κ2) is 15.9. The first-order chi connectivity index (χ1) is 22.9. The lowest BCUT2D eigenvalue weighted by molar-refractivity contribution is 0.0952. The summed E-state index contributed by atoms with van der Waals surface area (Å²) in [5, 5.41) is 7.57. The Morgan fingerprint density at radius 3 is 2.32 bits per heavy atom. The number of hydrogen-bond donors (Lipinski definition) is 1. The molecule has 0 saturated carbocycles. The first-order valence-electron chi connectivity index (χ1n) is 16.0. The van der Waals surface area contributed by atoms with Crippen LogP contribution in [0.5, 0.6) is 11.5 Å². The molecule has 6 rings (SSSR count). The van der Waals surface area contributed by atoms with E-state index in [0.717, 1.165) is 111 Å². The number of aryl methyl sites for hydroxylation is 1. The minimum Gasteiger partial charge on any atom is -0.495 e. The summed E-state index contributed by atoms with van der Waals surface area (Å²) < 4.78 is 14.9. The first-order valence-corrected chi connectivity index (χ1v) is 18.3. The molecule has 1 fully saturated rings. The first kappa shape index (κ1) is 33.9. The van der Waals surface area contributed by atoms with Crippen molar-refractivity contribution in [2.75, 3.05) is 53.0 Å². The van der Waals surface area contributed by atoms with Gasteiger partial charge in [0.1, 0.15) is 18.1 Å². The lowest BCUT2D eigenvalue weighted by Crippen LogP contribution is -2.47. The van der Waals surface area contributed by atoms with Crippen molar-refractivity contribution >= 4 is 73.4 Å². The van der Waals surface area contributed by atoms with Crippen molar-refractivity contribution < 1.29 is 14.3 Å². The number of aromatic nitrogens is 1. The van der Waals surface area contributed by atoms with Crippen LogP contribution in [0.25, 0.3) is 21.7 Å². The van der Waals surface area contributed by atoms with Gasteiger partial charge in [-0.3, -0.25) is 9.69 Å². The van der Waals surface area contributed by atoms with E-state index in [4.69, 9.17) is 32.7 Å². The Morgan fingerprint density at radius 2 is 1.55 bits per heavy atom. The van der Waals surface area contributed by atoms with Crippen LogP contribution in [-0.2, 0) is 17.5 Å². The molecule has 0 spiro atoms. The molecule has 7 nitrogen and oxygen atoms in total. The molecule has 0 unspecified atom stereocenters. The largest absolute Gasteiger partial charge is 0.495 e. The number of hydrogen-bond acceptors (Lipinski definition) is 5. The average molecular weight is 786 g/mol. The zero-order valence-electron chi connectivity index (χ0n) is 26.5. The van der Waals surface area contributed by atoms with E-state index in [1.807, 2.05) is 66.9 Å². The summed E-state index contributed by atoms with van der Waals surface area (Å²) in [6.07, 6.45) is 2.95. The fraction of sp³-hybridized carbons (Fsp3) is 0.324. The summed E-state index contributed by atoms with van der Waals surface area (Å²) in [4.78, 5) is 18.4. The molecule has 0 atom stereocenters. The van der Waals surface area contributed by atoms with Crippen LogP contribution >= 0.6 is 45.8 Å². The van der Waals surface area contributed by atoms with Crippen LogP contribution in [0, 0.1) is 0 Å². The van der Waals surface area contributed by atoms with E-state index in [-0.39, 0.29) is 5.91 Å². The summed E-state index contributed by atoms with van der Waals surface area (Å²) in [5.41, 5.74) is 3.71. The van der Waals surface area contributed by atoms with E-state index >= 15 is 0 Å². The van der Waals surface area contributed by atoms with Crippen molar-refractivity contribution in [1.29, 1.82) is 0 Å². The number of carbonyl (C=O) groups excluding carboxylic acids is 1. The van der Waals surface area contributed by atoms with Gasteiger partial charge in [0.05, 0.1) is 18.2 Å². The second-order valence-corrected chi connectivity index (χ2v) is 13.4. The van der Waals surface area contributed by atoms with Crippen LogP contribution in [0.3, 0.4) is 0 Å². The van der Waals surface area contributed by atoms with Gasteiger partial charge >= 0.3 is 0 Å². The quantitative estimate of drug-likeness (QED) is 0.0968. The predicted molar refractivity (Wildman–Crippen MR) is 201 cm³/mol. The fourth-order valence-corrected chi connectivity index (χ4v) is 7.58. The van der Waals surface area contributed by atoms with E-state index in [1.54, 1.807) is 7.11 Å². The zero-order chi connectivity index (χ0) is 32.8. The normalized spacial score (nSPS) is 14.1. The van der Waals surface area contributed by atoms with Crippen molar-refractivity contribution in [3.63, 3.8) is 0 Å². The molecule has 246 valence electrons. The average Bonchev–Trinajstić information content (AvgIpc) is 3.48. The van der Waals surface area contributed by atoms with Gasteiger partial charge in [-0.1, -0.05) is 94.3 Å². The van der Waals surface area contributed by atoms with Gasteiger partial charge in [-0.05, 0) is 48.4 Å². The number of benzene rings is 4. The molecule has 0 bridgehead atoms. The smallest absolute Gasteiger partial charge is 0.253 e. The topological polar surface area (TPSA) is 59.0 Å². The predicted octanol–water partition coefficient (Wildman–Crippen LogP) is 8.06. The van der Waals surface area contributed by atoms with Gasteiger partial charge in [-0.25, -0.2) is 0 Å². The maximum Gasteiger partial charge on any atom is 0.253 e. The van der Waals surface area contributed by atoms with Gasteiger partial charge in [-0.15, -0.1) is 0 Å². The fourth-order valence-electron chi connectivity index (χ4n) is 6.31. The van der Waals surface area contributed by atoms with Gasteiger partial charge in [0.25, 0.3) is 5.91 Å². The van der Waals surface area contributed by atoms with Crippen LogP contribution < -0.4 is 14.8 Å². The van der Waals surface area contributed by atoms with Crippen molar-refractivity contribution in [3.8, 4) is 11.5 Å². The number of halogens is 3. The Labute approximate surface area is 299 Å². The third-order valence-corrected chi connectivity index (χ3v) is 10.4. The number of para-hydroxylation sites is 1. The number of amides is 1. The molecular formula is C37H39Cl2IN4O3. The highest BCUT2D eigenvalue weighted by atomic mass is 127. The number of piperazine rings is 1. The summed E-state index contributed by atoms with van der Waals surface area (Å²) >= 11 is 15.0. The zero-order valence-corrected chi connectivity index (χ0v) is 30.2. The van der Waals surface area contributed by atoms with E-state index in [9.17, 15) is 4.79 Å². The van der Waals surface area contributed by atoms with E-state index in [0.29, 0.717) is 18.7 Å². The van der Waals surface area contributed by atoms with Gasteiger partial charge in [0.15, 0.2) is 0 Å². The third kappa shape index (κ3) is 8.00. The van der Waals surface area contributed by atoms with Crippen LogP contribution in [0.4, 0.5) is 0 Å². The molecule has 5 aromatic rings. The Morgan fingerprint density at radius 1 is 0.830 bits per heavy atom. The summed E-state index contributed by atoms with van der Waals surface area (Å²) in [6.45, 7) is 7.84. The summed E-state index contributed by atoms with van der Waals surface area (Å²) in [7, 11) is 1.68. The number of fused-ring (bicyclic) bond motifs is 2. The summed E-state index contributed by atoms with van der Waals surface area (Å²) in [6, 6.07) is 23.8. The highest BCUT2D eigenvalue weighted by molar-refractivity contribution is 14.1. The maximum atomic E-state index is 13.4. The molecule has 0 aliphatic carbocycles. The van der Waals surface area contributed by atoms with Crippen molar-refractivity contribution in [2.24, 2.45) is 0 Å². The minimum atomic E-state index is -0.0997. The number of methoxy groups -OCH3 is 1. The highest BCUT2D eigenvalue weighted by Crippen LogP contribution is 2.32. The number of alkyl halides is 1. The number of rotatable bonds is 13. The number of nitrogens with one attached hydrogen (secondary N) is 1. The van der Waals surface area contributed by atoms with Gasteiger partial charge in [0, 0.05) is 82.6 Å². The molecule has 1 aliphatic heterocycles. The van der Waals surface area contributed by atoms with E-state index in [1.165, 1.54) is 0 Å². The van der Waals surface area contributed by atoms with E-state index in [2.05, 4.69) is 54.4 Å². The van der Waals surface area contributed by atoms with Crippen LogP contribution in [0.1, 0.15) is 27.9 Å². The number of carbonyl (C=O) groups is 1. The van der Waals surface area contributed by atoms with E-state index < -0.39 is 0 Å². The molecule has 1 aromatic heterocycles. The molecule has 10 heteroatoms. The van der Waals surface area contributed by atoms with Gasteiger partial charge in [-0.2, -0.15) is 0 Å². The van der Waals surface area contributed by atoms with Crippen LogP contribution in [0.2, 0.25) is 10.0 Å². The SMILES string of the molecule is COc1cccc2c(C(=O)NCc3ccc(Cl)c(CI)c3)cn(CCCN3CCN(CCOc4ccc(Cl)c5ccccc45)CC3)c12. The van der Waals surface area contributed by atoms with Crippen molar-refractivity contribution in [3.05, 3.63) is 106 Å². The Bertz CT molecular complexity index is 1860. The standard InChI is InChI=1S/C37H39Cl2IN4O3/c1-46-35-9-4-8-30-31(37(45)41-24-26-10-11-32(38)27(22-26)23-40)25-44(36(30)35)15-5-14-42-16-18-43(19-17-42)20-21-47-34-13-12-33(39)28-6-2-3-7-29(28)34/h2-4,6-13,22,25H,5,14-21,23-24H2,1H3,(H,41,45). The third-order valence-electron chi connectivity index (χ3n) is 8.87. The molecule has 1 aliphatic rings. The molecule has 1 amide bonds. The Balaban J connectivity index is 1.01. The summed E-state index contributed by atoms with van der Waals surface area (Å²) in [5.74, 6) is 1.55. The molecular weight excluding hydrogens is 746 g/mol. The molecule has 1 saturated heterocycles. The molecule has 4 aromatic carbocycles. The Hall–Kier alpha value is -3.02. The number of ether oxygens (including phenoxy) is 2. The lowest BCUT2D eigenvalue weighted by Gasteiger charge is -2.34. The maximum absolute atomic E-state index is 13.4. The van der Waals surface area contributed by atoms with Crippen molar-refractivity contribution in [1.82, 2.24) is 19.7 Å². The van der Waals surface area contributed by atoms with Gasteiger partial charge < -0.3 is 24.3 Å². The highest BCUT2D eigenvalue weighted by Gasteiger charge is 2.20. The monoisotopic (exact) mass is 784 g/mol. The molecule has 0 radical (unpaired) electrons. The molecule has 47 heavy (non-hydrogen) atoms. The second-order valence-electron chi connectivity index (χ2n) is 11.8. The van der Waals surface area contributed by atoms with Gasteiger partial charge in [0.2, 0.25) is 0 Å². The number of nitrogens with zero attached hydrogens (tertiary/aromatic N) is 3. The molecule has 2 heterocycles. The molecule has 1 N–H and O–H groups in total. The van der Waals surface area contributed by atoms with Crippen molar-refractivity contribution in [2.45, 2.75) is 23.9 Å². The minimum absolute atomic E-state index is 0.0997. The van der Waals surface area contributed by atoms with Crippen LogP contribution in [-0.4, -0.2) is 73.3 Å². The van der Waals surface area contributed by atoms with Crippen LogP contribution in [0.15, 0.2) is 79.0 Å².